The molecule has 1 aliphatic heterocycles. The Morgan fingerprint density at radius 1 is 1.08 bits per heavy atom. The van der Waals surface area contributed by atoms with Gasteiger partial charge in [0, 0.05) is 0 Å². The summed E-state index contributed by atoms with van der Waals surface area (Å²) in [6.45, 7) is 0. The number of anilines is 1. The average molecular weight is 321 g/mol. The monoisotopic (exact) mass is 321 g/mol. The van der Waals surface area contributed by atoms with Crippen molar-refractivity contribution < 1.29 is 14.7 Å². The second kappa shape index (κ2) is 3.93. The first-order chi connectivity index (χ1) is 11.6. The van der Waals surface area contributed by atoms with Gasteiger partial charge in [0.2, 0.25) is 11.8 Å². The molecule has 5 aliphatic rings. The van der Waals surface area contributed by atoms with E-state index in [-0.39, 0.29) is 34.8 Å². The molecule has 122 valence electrons. The minimum Gasteiger partial charge on any atom is -0.508 e. The topological polar surface area (TPSA) is 57.6 Å². The first-order valence-corrected chi connectivity index (χ1v) is 8.95. The number of allylic oxidation sites excluding steroid dienone is 2. The fraction of sp³-hybridized carbons (Fsp3) is 0.500. The zero-order valence-electron chi connectivity index (χ0n) is 13.3. The Kier molecular flexibility index (Phi) is 2.16. The van der Waals surface area contributed by atoms with E-state index in [2.05, 4.69) is 6.08 Å². The number of benzene rings is 1. The molecule has 2 amide bonds. The number of phenols is 1. The lowest BCUT2D eigenvalue weighted by molar-refractivity contribution is -0.126. The fourth-order valence-electron chi connectivity index (χ4n) is 7.04. The van der Waals surface area contributed by atoms with Gasteiger partial charge in [-0.05, 0) is 73.1 Å². The Labute approximate surface area is 140 Å². The van der Waals surface area contributed by atoms with Gasteiger partial charge in [0.25, 0.3) is 0 Å². The molecule has 6 rings (SSSR count). The SMILES string of the molecule is O=C1C2C3CC4(CC5=CCC3C4C5)C2C(=O)N1c1ccc(O)cc1. The third-order valence-electron chi connectivity index (χ3n) is 7.68. The quantitative estimate of drug-likeness (QED) is 0.639. The van der Waals surface area contributed by atoms with Gasteiger partial charge >= 0.3 is 0 Å². The largest absolute Gasteiger partial charge is 0.508 e. The zero-order chi connectivity index (χ0) is 16.2. The van der Waals surface area contributed by atoms with Crippen molar-refractivity contribution >= 4 is 17.5 Å². The van der Waals surface area contributed by atoms with E-state index < -0.39 is 0 Å². The number of nitrogens with zero attached hydrogens (tertiary/aromatic N) is 1. The lowest BCUT2D eigenvalue weighted by Gasteiger charge is -2.39. The molecule has 1 aromatic rings. The van der Waals surface area contributed by atoms with Crippen LogP contribution >= 0.6 is 0 Å². The van der Waals surface area contributed by atoms with Crippen LogP contribution in [0.15, 0.2) is 35.9 Å². The molecular formula is C20H19NO3. The van der Waals surface area contributed by atoms with E-state index in [4.69, 9.17) is 0 Å². The van der Waals surface area contributed by atoms with Crippen molar-refractivity contribution in [3.8, 4) is 5.75 Å². The molecule has 4 bridgehead atoms. The van der Waals surface area contributed by atoms with E-state index in [1.54, 1.807) is 24.3 Å². The van der Waals surface area contributed by atoms with Crippen LogP contribution in [-0.4, -0.2) is 16.9 Å². The molecule has 4 fully saturated rings. The van der Waals surface area contributed by atoms with Crippen molar-refractivity contribution in [3.63, 3.8) is 0 Å². The lowest BCUT2D eigenvalue weighted by Crippen LogP contribution is -2.41. The van der Waals surface area contributed by atoms with Gasteiger partial charge in [0.05, 0.1) is 17.5 Å². The van der Waals surface area contributed by atoms with Crippen LogP contribution in [0.2, 0.25) is 0 Å². The molecule has 1 N–H and O–H groups in total. The summed E-state index contributed by atoms with van der Waals surface area (Å²) in [5.41, 5.74) is 2.19. The van der Waals surface area contributed by atoms with E-state index in [0.29, 0.717) is 23.4 Å². The highest BCUT2D eigenvalue weighted by Crippen LogP contribution is 2.76. The maximum Gasteiger partial charge on any atom is 0.238 e. The van der Waals surface area contributed by atoms with Gasteiger partial charge in [0.15, 0.2) is 0 Å². The molecule has 3 saturated carbocycles. The summed E-state index contributed by atoms with van der Waals surface area (Å²) < 4.78 is 0. The predicted octanol–water partition coefficient (Wildman–Crippen LogP) is 2.87. The maximum absolute atomic E-state index is 13.3. The number of carbonyl (C=O) groups is 2. The van der Waals surface area contributed by atoms with Crippen molar-refractivity contribution in [2.24, 2.45) is 35.0 Å². The van der Waals surface area contributed by atoms with Crippen LogP contribution in [0.1, 0.15) is 25.7 Å². The van der Waals surface area contributed by atoms with Crippen molar-refractivity contribution in [2.75, 3.05) is 4.90 Å². The molecule has 24 heavy (non-hydrogen) atoms. The van der Waals surface area contributed by atoms with Crippen LogP contribution in [0.5, 0.6) is 5.75 Å². The standard InChI is InChI=1S/C20H19NO3/c22-12-4-2-11(3-5-12)21-18(23)16-14-9-20(17(16)19(21)24)8-10-1-6-13(14)15(20)7-10/h1-5,13-17,22H,6-9H2. The summed E-state index contributed by atoms with van der Waals surface area (Å²) in [7, 11) is 0. The highest BCUT2D eigenvalue weighted by molar-refractivity contribution is 6.23. The molecule has 6 atom stereocenters. The van der Waals surface area contributed by atoms with E-state index in [1.165, 1.54) is 10.5 Å². The third kappa shape index (κ3) is 1.27. The van der Waals surface area contributed by atoms with Crippen molar-refractivity contribution in [1.29, 1.82) is 0 Å². The number of hydrogen-bond acceptors (Lipinski definition) is 3. The maximum atomic E-state index is 13.3. The summed E-state index contributed by atoms with van der Waals surface area (Å²) in [5, 5.41) is 9.49. The van der Waals surface area contributed by atoms with Gasteiger partial charge in [-0.25, -0.2) is 0 Å². The number of fused-ring (bicyclic) bond motifs is 5. The molecule has 4 heteroatoms. The number of rotatable bonds is 1. The number of amides is 2. The number of imide groups is 1. The summed E-state index contributed by atoms with van der Waals surface area (Å²) in [4.78, 5) is 27.8. The Balaban J connectivity index is 1.47. The first-order valence-electron chi connectivity index (χ1n) is 8.95. The van der Waals surface area contributed by atoms with Crippen molar-refractivity contribution in [3.05, 3.63) is 35.9 Å². The number of phenolic OH excluding ortho intramolecular Hbond substituents is 1. The summed E-state index contributed by atoms with van der Waals surface area (Å²) >= 11 is 0. The molecule has 1 heterocycles. The van der Waals surface area contributed by atoms with Gasteiger partial charge in [-0.2, -0.15) is 0 Å². The van der Waals surface area contributed by atoms with Gasteiger partial charge in [0.1, 0.15) is 5.75 Å². The van der Waals surface area contributed by atoms with E-state index in [1.807, 2.05) is 0 Å². The van der Waals surface area contributed by atoms with Crippen LogP contribution < -0.4 is 4.90 Å². The molecular weight excluding hydrogens is 302 g/mol. The highest BCUT2D eigenvalue weighted by atomic mass is 16.3. The Morgan fingerprint density at radius 2 is 1.88 bits per heavy atom. The second-order valence-electron chi connectivity index (χ2n) is 8.38. The molecule has 1 spiro atoms. The van der Waals surface area contributed by atoms with Gasteiger partial charge in [-0.1, -0.05) is 11.6 Å². The zero-order valence-corrected chi connectivity index (χ0v) is 13.3. The summed E-state index contributed by atoms with van der Waals surface area (Å²) in [6.07, 6.45) is 6.77. The van der Waals surface area contributed by atoms with Gasteiger partial charge in [-0.3, -0.25) is 14.5 Å². The average Bonchev–Trinajstić information content (AvgIpc) is 3.22. The molecule has 4 aliphatic carbocycles. The minimum atomic E-state index is -0.117. The van der Waals surface area contributed by atoms with Crippen molar-refractivity contribution in [1.82, 2.24) is 0 Å². The Morgan fingerprint density at radius 3 is 2.67 bits per heavy atom. The molecule has 0 radical (unpaired) electrons. The number of hydrogen-bond donors (Lipinski definition) is 1. The summed E-state index contributed by atoms with van der Waals surface area (Å²) in [6, 6.07) is 6.43. The minimum absolute atomic E-state index is 0.00337. The summed E-state index contributed by atoms with van der Waals surface area (Å²) in [5.74, 6) is 1.54. The molecule has 0 aromatic heterocycles. The number of aromatic hydroxyl groups is 1. The molecule has 6 unspecified atom stereocenters. The van der Waals surface area contributed by atoms with E-state index in [0.717, 1.165) is 25.7 Å². The predicted molar refractivity (Wildman–Crippen MR) is 87.0 cm³/mol. The smallest absolute Gasteiger partial charge is 0.238 e. The van der Waals surface area contributed by atoms with Crippen LogP contribution in [0, 0.1) is 35.0 Å². The first kappa shape index (κ1) is 13.2. The highest BCUT2D eigenvalue weighted by Gasteiger charge is 2.75. The van der Waals surface area contributed by atoms with Gasteiger partial charge in [-0.15, -0.1) is 0 Å². The number of carbonyl (C=O) groups excluding carboxylic acids is 2. The van der Waals surface area contributed by atoms with E-state index >= 15 is 0 Å². The van der Waals surface area contributed by atoms with Crippen LogP contribution in [-0.2, 0) is 9.59 Å². The fourth-order valence-corrected chi connectivity index (χ4v) is 7.04. The van der Waals surface area contributed by atoms with E-state index in [9.17, 15) is 14.7 Å². The lowest BCUT2D eigenvalue weighted by atomic mass is 9.62. The van der Waals surface area contributed by atoms with Crippen LogP contribution in [0.3, 0.4) is 0 Å². The molecule has 1 saturated heterocycles. The second-order valence-corrected chi connectivity index (χ2v) is 8.38. The molecule has 4 nitrogen and oxygen atoms in total. The van der Waals surface area contributed by atoms with Gasteiger partial charge < -0.3 is 5.11 Å². The Hall–Kier alpha value is -2.10. The Bertz CT molecular complexity index is 826. The van der Waals surface area contributed by atoms with Crippen LogP contribution in [0.25, 0.3) is 0 Å². The normalized spacial score (nSPS) is 44.2. The third-order valence-corrected chi connectivity index (χ3v) is 7.68. The van der Waals surface area contributed by atoms with Crippen LogP contribution in [0.4, 0.5) is 5.69 Å². The van der Waals surface area contributed by atoms with Crippen molar-refractivity contribution in [2.45, 2.75) is 25.7 Å². The molecule has 1 aromatic carbocycles.